The minimum Gasteiger partial charge on any atom is -0.356 e. The van der Waals surface area contributed by atoms with Crippen LogP contribution in [0, 0.1) is 13.8 Å². The number of fused-ring (bicyclic) bond motifs is 1. The van der Waals surface area contributed by atoms with Gasteiger partial charge in [0.2, 0.25) is 5.91 Å². The van der Waals surface area contributed by atoms with Crippen LogP contribution in [0.4, 0.5) is 0 Å². The van der Waals surface area contributed by atoms with E-state index in [4.69, 9.17) is 0 Å². The van der Waals surface area contributed by atoms with E-state index in [2.05, 4.69) is 60.5 Å². The average molecular weight is 335 g/mol. The molecule has 1 amide bonds. The third kappa shape index (κ3) is 4.92. The Hall–Kier alpha value is -2.62. The molecule has 0 aliphatic rings. The van der Waals surface area contributed by atoms with Crippen LogP contribution in [0.2, 0.25) is 0 Å². The maximum atomic E-state index is 12.0. The van der Waals surface area contributed by atoms with E-state index in [1.807, 2.05) is 16.8 Å². The summed E-state index contributed by atoms with van der Waals surface area (Å²) in [7, 11) is 0. The largest absolute Gasteiger partial charge is 0.356 e. The van der Waals surface area contributed by atoms with E-state index < -0.39 is 0 Å². The number of benzene rings is 1. The first kappa shape index (κ1) is 17.2. The van der Waals surface area contributed by atoms with Gasteiger partial charge in [0.1, 0.15) is 5.65 Å². The van der Waals surface area contributed by atoms with Crippen molar-refractivity contribution in [1.82, 2.24) is 14.7 Å². The standard InChI is InChI=1S/C21H25N3O/c1-16-6-8-18(9-7-16)4-3-5-21(25)22-12-10-19-15-24-13-11-17(2)14-20(24)23-19/h6-9,11,13-15H,3-5,10,12H2,1-2H3,(H,22,25). The van der Waals surface area contributed by atoms with Gasteiger partial charge in [0.25, 0.3) is 0 Å². The topological polar surface area (TPSA) is 46.4 Å². The van der Waals surface area contributed by atoms with E-state index in [9.17, 15) is 4.79 Å². The van der Waals surface area contributed by atoms with E-state index in [0.29, 0.717) is 13.0 Å². The van der Waals surface area contributed by atoms with Crippen LogP contribution in [-0.2, 0) is 17.6 Å². The van der Waals surface area contributed by atoms with Crippen molar-refractivity contribution >= 4 is 11.6 Å². The van der Waals surface area contributed by atoms with Crippen molar-refractivity contribution in [3.8, 4) is 0 Å². The molecule has 2 aromatic heterocycles. The molecule has 25 heavy (non-hydrogen) atoms. The first-order chi connectivity index (χ1) is 12.1. The maximum absolute atomic E-state index is 12.0. The van der Waals surface area contributed by atoms with Crippen LogP contribution >= 0.6 is 0 Å². The summed E-state index contributed by atoms with van der Waals surface area (Å²) in [6.07, 6.45) is 7.19. The van der Waals surface area contributed by atoms with E-state index >= 15 is 0 Å². The fraction of sp³-hybridized carbons (Fsp3) is 0.333. The van der Waals surface area contributed by atoms with Crippen molar-refractivity contribution < 1.29 is 4.79 Å². The van der Waals surface area contributed by atoms with Crippen molar-refractivity contribution in [3.63, 3.8) is 0 Å². The second-order valence-electron chi connectivity index (χ2n) is 6.64. The molecule has 1 N–H and O–H groups in total. The Bertz CT molecular complexity index is 849. The predicted octanol–water partition coefficient (Wildman–Crippen LogP) is 3.63. The molecule has 0 atom stereocenters. The zero-order valence-electron chi connectivity index (χ0n) is 15.0. The van der Waals surface area contributed by atoms with Gasteiger partial charge < -0.3 is 9.72 Å². The molecule has 2 heterocycles. The van der Waals surface area contributed by atoms with Gasteiger partial charge in [-0.15, -0.1) is 0 Å². The van der Waals surface area contributed by atoms with Gasteiger partial charge in [0, 0.05) is 31.8 Å². The summed E-state index contributed by atoms with van der Waals surface area (Å²) in [5, 5.41) is 2.99. The van der Waals surface area contributed by atoms with E-state index in [0.717, 1.165) is 30.6 Å². The number of nitrogens with zero attached hydrogens (tertiary/aromatic N) is 2. The maximum Gasteiger partial charge on any atom is 0.220 e. The lowest BCUT2D eigenvalue weighted by atomic mass is 10.1. The lowest BCUT2D eigenvalue weighted by Gasteiger charge is -2.04. The monoisotopic (exact) mass is 335 g/mol. The first-order valence-electron chi connectivity index (χ1n) is 8.86. The molecule has 4 nitrogen and oxygen atoms in total. The van der Waals surface area contributed by atoms with E-state index in [-0.39, 0.29) is 5.91 Å². The smallest absolute Gasteiger partial charge is 0.220 e. The highest BCUT2D eigenvalue weighted by Gasteiger charge is 2.04. The molecular weight excluding hydrogens is 310 g/mol. The Morgan fingerprint density at radius 2 is 1.88 bits per heavy atom. The molecule has 0 aliphatic heterocycles. The van der Waals surface area contributed by atoms with Crippen LogP contribution in [0.25, 0.3) is 5.65 Å². The minimum atomic E-state index is 0.117. The van der Waals surface area contributed by atoms with Crippen LogP contribution in [0.15, 0.2) is 48.8 Å². The van der Waals surface area contributed by atoms with E-state index in [1.54, 1.807) is 0 Å². The first-order valence-corrected chi connectivity index (χ1v) is 8.86. The fourth-order valence-corrected chi connectivity index (χ4v) is 2.88. The SMILES string of the molecule is Cc1ccc(CCCC(=O)NCCc2cn3ccc(C)cc3n2)cc1. The van der Waals surface area contributed by atoms with Crippen molar-refractivity contribution in [2.75, 3.05) is 6.54 Å². The Morgan fingerprint density at radius 3 is 2.68 bits per heavy atom. The number of aryl methyl sites for hydroxylation is 3. The van der Waals surface area contributed by atoms with Crippen LogP contribution in [0.1, 0.15) is 35.2 Å². The van der Waals surface area contributed by atoms with Crippen LogP contribution < -0.4 is 5.32 Å². The Balaban J connectivity index is 1.39. The van der Waals surface area contributed by atoms with Crippen LogP contribution in [0.5, 0.6) is 0 Å². The van der Waals surface area contributed by atoms with Crippen molar-refractivity contribution in [2.45, 2.75) is 39.5 Å². The molecule has 0 aliphatic carbocycles. The van der Waals surface area contributed by atoms with Gasteiger partial charge in [0.15, 0.2) is 0 Å². The number of hydrogen-bond donors (Lipinski definition) is 1. The summed E-state index contributed by atoms with van der Waals surface area (Å²) in [4.78, 5) is 16.5. The van der Waals surface area contributed by atoms with E-state index in [1.165, 1.54) is 16.7 Å². The van der Waals surface area contributed by atoms with Crippen LogP contribution in [-0.4, -0.2) is 21.8 Å². The number of imidazole rings is 1. The molecule has 3 rings (SSSR count). The van der Waals surface area contributed by atoms with Crippen molar-refractivity contribution in [2.24, 2.45) is 0 Å². The zero-order chi connectivity index (χ0) is 17.6. The van der Waals surface area contributed by atoms with Crippen LogP contribution in [0.3, 0.4) is 0 Å². The molecule has 0 bridgehead atoms. The number of aromatic nitrogens is 2. The molecular formula is C21H25N3O. The van der Waals surface area contributed by atoms with Gasteiger partial charge in [-0.3, -0.25) is 4.79 Å². The summed E-state index contributed by atoms with van der Waals surface area (Å²) in [6.45, 7) is 4.78. The average Bonchev–Trinajstić information content (AvgIpc) is 2.98. The molecule has 4 heteroatoms. The molecule has 1 aromatic carbocycles. The highest BCUT2D eigenvalue weighted by atomic mass is 16.1. The molecule has 3 aromatic rings. The number of pyridine rings is 1. The molecule has 0 fully saturated rings. The van der Waals surface area contributed by atoms with Crippen molar-refractivity contribution in [3.05, 3.63) is 71.2 Å². The Labute approximate surface area is 148 Å². The van der Waals surface area contributed by atoms with Gasteiger partial charge in [0.05, 0.1) is 5.69 Å². The highest BCUT2D eigenvalue weighted by molar-refractivity contribution is 5.75. The van der Waals surface area contributed by atoms with Gasteiger partial charge in [-0.05, 0) is 49.9 Å². The number of carbonyl (C=O) groups excluding carboxylic acids is 1. The Morgan fingerprint density at radius 1 is 1.08 bits per heavy atom. The molecule has 0 unspecified atom stereocenters. The summed E-state index contributed by atoms with van der Waals surface area (Å²) in [5.74, 6) is 0.117. The third-order valence-corrected chi connectivity index (χ3v) is 4.36. The number of carbonyl (C=O) groups is 1. The van der Waals surface area contributed by atoms with Gasteiger partial charge in [-0.2, -0.15) is 0 Å². The lowest BCUT2D eigenvalue weighted by Crippen LogP contribution is -2.25. The normalized spacial score (nSPS) is 11.0. The van der Waals surface area contributed by atoms with Gasteiger partial charge in [-0.1, -0.05) is 29.8 Å². The second-order valence-corrected chi connectivity index (χ2v) is 6.64. The highest BCUT2D eigenvalue weighted by Crippen LogP contribution is 2.09. The third-order valence-electron chi connectivity index (χ3n) is 4.36. The summed E-state index contributed by atoms with van der Waals surface area (Å²) >= 11 is 0. The van der Waals surface area contributed by atoms with Crippen molar-refractivity contribution in [1.29, 1.82) is 0 Å². The minimum absolute atomic E-state index is 0.117. The lowest BCUT2D eigenvalue weighted by molar-refractivity contribution is -0.121. The Kier molecular flexibility index (Phi) is 5.49. The van der Waals surface area contributed by atoms with Gasteiger partial charge in [-0.25, -0.2) is 4.98 Å². The number of nitrogens with one attached hydrogen (secondary N) is 1. The quantitative estimate of drug-likeness (QED) is 0.716. The molecule has 130 valence electrons. The fourth-order valence-electron chi connectivity index (χ4n) is 2.88. The number of hydrogen-bond acceptors (Lipinski definition) is 2. The molecule has 0 spiro atoms. The van der Waals surface area contributed by atoms with Gasteiger partial charge >= 0.3 is 0 Å². The second kappa shape index (κ2) is 7.97. The summed E-state index contributed by atoms with van der Waals surface area (Å²) in [5.41, 5.74) is 5.72. The summed E-state index contributed by atoms with van der Waals surface area (Å²) < 4.78 is 2.02. The molecule has 0 saturated carbocycles. The zero-order valence-corrected chi connectivity index (χ0v) is 15.0. The molecule has 0 saturated heterocycles. The number of rotatable bonds is 7. The predicted molar refractivity (Wildman–Crippen MR) is 101 cm³/mol. The number of amides is 1. The summed E-state index contributed by atoms with van der Waals surface area (Å²) in [6, 6.07) is 12.6. The molecule has 0 radical (unpaired) electrons.